The quantitative estimate of drug-likeness (QED) is 0.285. The van der Waals surface area contributed by atoms with Crippen molar-refractivity contribution in [1.29, 1.82) is 0 Å². The molecule has 57 heavy (non-hydrogen) atoms. The Kier molecular flexibility index (Phi) is 12.2. The molecule has 1 aliphatic carbocycles. The number of carbonyl (C=O) groups is 5. The van der Waals surface area contributed by atoms with Gasteiger partial charge in [-0.15, -0.1) is 6.58 Å². The first-order chi connectivity index (χ1) is 27.0. The zero-order valence-electron chi connectivity index (χ0n) is 32.6. The second kappa shape index (κ2) is 16.7. The lowest BCUT2D eigenvalue weighted by Crippen LogP contribution is -2.59. The molecule has 1 saturated heterocycles. The van der Waals surface area contributed by atoms with Crippen molar-refractivity contribution >= 4 is 45.6 Å². The Morgan fingerprint density at radius 1 is 1.02 bits per heavy atom. The molecule has 2 aromatic carbocycles. The molecule has 15 nitrogen and oxygen atoms in total. The predicted molar refractivity (Wildman–Crippen MR) is 208 cm³/mol. The zero-order chi connectivity index (χ0) is 41.1. The molecule has 6 amide bonds. The van der Waals surface area contributed by atoms with Crippen LogP contribution >= 0.6 is 0 Å². The van der Waals surface area contributed by atoms with Crippen molar-refractivity contribution in [2.24, 2.45) is 5.92 Å². The number of sulfonamides is 1. The summed E-state index contributed by atoms with van der Waals surface area (Å²) >= 11 is 0. The van der Waals surface area contributed by atoms with Gasteiger partial charge in [0.15, 0.2) is 0 Å². The fourth-order valence-corrected chi connectivity index (χ4v) is 9.00. The number of hydrogen-bond donors (Lipinski definition) is 5. The van der Waals surface area contributed by atoms with Crippen LogP contribution < -0.4 is 26.0 Å². The SMILES string of the molecule is C=C[C@@H]1C[C@@]12NC(=O)[C@@H]1C[C@@H](OC(=O)N3Cc4cccc(F)c4C3)CN1C(=O)[C@@H](NC(=O)NC(C)(C)C)CCCCCCCNc1ccccc1S(=O)(=O)NC2=O. The fraction of sp³-hybridized carbons (Fsp3) is 0.525. The van der Waals surface area contributed by atoms with Crippen LogP contribution in [0.5, 0.6) is 0 Å². The maximum absolute atomic E-state index is 14.5. The van der Waals surface area contributed by atoms with Gasteiger partial charge in [0.25, 0.3) is 15.9 Å². The topological polar surface area (TPSA) is 195 Å². The van der Waals surface area contributed by atoms with E-state index < -0.39 is 80.9 Å². The highest BCUT2D eigenvalue weighted by Crippen LogP contribution is 2.45. The summed E-state index contributed by atoms with van der Waals surface area (Å²) in [6.07, 6.45) is 3.49. The van der Waals surface area contributed by atoms with Crippen molar-refractivity contribution in [2.75, 3.05) is 18.4 Å². The van der Waals surface area contributed by atoms with E-state index in [2.05, 4.69) is 32.6 Å². The summed E-state index contributed by atoms with van der Waals surface area (Å²) in [6.45, 7) is 9.54. The Morgan fingerprint density at radius 3 is 2.47 bits per heavy atom. The van der Waals surface area contributed by atoms with Gasteiger partial charge in [-0.05, 0) is 63.8 Å². The Bertz CT molecular complexity index is 2020. The summed E-state index contributed by atoms with van der Waals surface area (Å²) < 4.78 is 49.9. The molecule has 1 spiro atoms. The first-order valence-electron chi connectivity index (χ1n) is 19.5. The molecule has 0 unspecified atom stereocenters. The molecule has 308 valence electrons. The van der Waals surface area contributed by atoms with Gasteiger partial charge in [-0.25, -0.2) is 27.1 Å². The smallest absolute Gasteiger partial charge is 0.410 e. The molecule has 4 aliphatic rings. The van der Waals surface area contributed by atoms with Crippen LogP contribution in [0.4, 0.5) is 19.7 Å². The highest BCUT2D eigenvalue weighted by atomic mass is 32.2. The number of nitrogens with zero attached hydrogens (tertiary/aromatic N) is 2. The monoisotopic (exact) mass is 809 g/mol. The number of urea groups is 1. The van der Waals surface area contributed by atoms with Crippen molar-refractivity contribution in [3.63, 3.8) is 0 Å². The second-order valence-corrected chi connectivity index (χ2v) is 18.0. The average molecular weight is 810 g/mol. The van der Waals surface area contributed by atoms with Gasteiger partial charge in [0, 0.05) is 36.5 Å². The van der Waals surface area contributed by atoms with E-state index >= 15 is 0 Å². The van der Waals surface area contributed by atoms with E-state index in [1.807, 2.05) is 0 Å². The highest BCUT2D eigenvalue weighted by Gasteiger charge is 2.61. The van der Waals surface area contributed by atoms with Gasteiger partial charge in [0.2, 0.25) is 11.8 Å². The van der Waals surface area contributed by atoms with Crippen LogP contribution in [-0.2, 0) is 42.2 Å². The highest BCUT2D eigenvalue weighted by molar-refractivity contribution is 7.90. The molecule has 17 heteroatoms. The van der Waals surface area contributed by atoms with E-state index in [4.69, 9.17) is 4.74 Å². The van der Waals surface area contributed by atoms with Gasteiger partial charge in [-0.2, -0.15) is 0 Å². The summed E-state index contributed by atoms with van der Waals surface area (Å²) in [7, 11) is -4.42. The van der Waals surface area contributed by atoms with E-state index in [9.17, 15) is 36.8 Å². The van der Waals surface area contributed by atoms with Crippen molar-refractivity contribution in [2.45, 2.75) is 119 Å². The van der Waals surface area contributed by atoms with Crippen molar-refractivity contribution in [3.8, 4) is 0 Å². The fourth-order valence-electron chi connectivity index (χ4n) is 7.77. The number of nitrogens with one attached hydrogen (secondary N) is 5. The van der Waals surface area contributed by atoms with E-state index in [1.54, 1.807) is 51.1 Å². The lowest BCUT2D eigenvalue weighted by atomic mass is 10.0. The number of halogens is 1. The molecular weight excluding hydrogens is 758 g/mol. The van der Waals surface area contributed by atoms with Gasteiger partial charge in [-0.1, -0.05) is 56.0 Å². The van der Waals surface area contributed by atoms with Gasteiger partial charge in [-0.3, -0.25) is 19.3 Å². The van der Waals surface area contributed by atoms with E-state index in [0.717, 1.165) is 25.7 Å². The third kappa shape index (κ3) is 9.51. The molecule has 0 bridgehead atoms. The van der Waals surface area contributed by atoms with Crippen molar-refractivity contribution < 1.29 is 41.5 Å². The number of para-hydroxylation sites is 1. The summed E-state index contributed by atoms with van der Waals surface area (Å²) in [5.74, 6) is -3.40. The third-order valence-electron chi connectivity index (χ3n) is 10.8. The van der Waals surface area contributed by atoms with Crippen LogP contribution in [0.2, 0.25) is 0 Å². The van der Waals surface area contributed by atoms with Gasteiger partial charge in [0.1, 0.15) is 34.4 Å². The number of ether oxygens (including phenoxy) is 1. The standard InChI is InChI=1S/C40H52FN7O8S/c1-5-26-21-40(26)36(51)46-57(54,55)33-18-11-10-16-30(33)42-19-12-8-6-7-9-17-31(43-37(52)45-39(2,3)4)35(50)48-23-27(20-32(48)34(49)44-40)56-38(53)47-22-25-14-13-15-29(41)28(25)24-47/h5,10-11,13-16,18,26-27,31-32,42H,1,6-9,12,17,19-24H2,2-4H3,(H,44,49)(H,46,51)(H2,43,45,52)/t26-,27-,31+,32+,40-/m1/s1. The molecule has 3 heterocycles. The number of anilines is 1. The molecule has 5 atom stereocenters. The van der Waals surface area contributed by atoms with Crippen LogP contribution in [0.1, 0.15) is 83.3 Å². The zero-order valence-corrected chi connectivity index (χ0v) is 33.4. The molecular formula is C40H52FN7O8S. The molecule has 0 radical (unpaired) electrons. The molecule has 0 aromatic heterocycles. The number of amides is 6. The Hall–Kier alpha value is -5.19. The number of carbonyl (C=O) groups excluding carboxylic acids is 5. The maximum atomic E-state index is 14.5. The van der Waals surface area contributed by atoms with Crippen LogP contribution in [0.15, 0.2) is 60.0 Å². The van der Waals surface area contributed by atoms with Gasteiger partial charge < -0.3 is 30.9 Å². The normalized spacial score (nSPS) is 26.8. The number of benzene rings is 2. The van der Waals surface area contributed by atoms with Crippen LogP contribution in [-0.4, -0.2) is 90.4 Å². The summed E-state index contributed by atoms with van der Waals surface area (Å²) in [6, 6.07) is 7.93. The summed E-state index contributed by atoms with van der Waals surface area (Å²) in [5, 5.41) is 11.5. The number of hydrogen-bond acceptors (Lipinski definition) is 9. The molecule has 5 N–H and O–H groups in total. The maximum Gasteiger partial charge on any atom is 0.410 e. The molecule has 2 aromatic rings. The van der Waals surface area contributed by atoms with Gasteiger partial charge >= 0.3 is 12.1 Å². The van der Waals surface area contributed by atoms with Gasteiger partial charge in [0.05, 0.1) is 18.8 Å². The van der Waals surface area contributed by atoms with Crippen LogP contribution in [0.3, 0.4) is 0 Å². The van der Waals surface area contributed by atoms with E-state index in [-0.39, 0.29) is 43.8 Å². The van der Waals surface area contributed by atoms with Crippen LogP contribution in [0.25, 0.3) is 0 Å². The Labute approximate surface area is 332 Å². The third-order valence-corrected chi connectivity index (χ3v) is 12.2. The van der Waals surface area contributed by atoms with Crippen molar-refractivity contribution in [1.82, 2.24) is 30.5 Å². The minimum absolute atomic E-state index is 0.0149. The molecule has 1 saturated carbocycles. The lowest BCUT2D eigenvalue weighted by Gasteiger charge is -2.30. The minimum Gasteiger partial charge on any atom is -0.444 e. The Morgan fingerprint density at radius 2 is 1.75 bits per heavy atom. The lowest BCUT2D eigenvalue weighted by molar-refractivity contribution is -0.141. The number of fused-ring (bicyclic) bond motifs is 3. The van der Waals surface area contributed by atoms with Crippen molar-refractivity contribution in [3.05, 3.63) is 72.1 Å². The molecule has 6 rings (SSSR count). The van der Waals surface area contributed by atoms with Crippen LogP contribution in [0, 0.1) is 11.7 Å². The van der Waals surface area contributed by atoms with E-state index in [1.165, 1.54) is 28.0 Å². The average Bonchev–Trinajstić information content (AvgIpc) is 3.44. The first-order valence-corrected chi connectivity index (χ1v) is 21.0. The second-order valence-electron chi connectivity index (χ2n) is 16.3. The Balaban J connectivity index is 1.29. The predicted octanol–water partition coefficient (Wildman–Crippen LogP) is 4.05. The minimum atomic E-state index is -4.42. The number of rotatable bonds is 3. The molecule has 2 fully saturated rings. The summed E-state index contributed by atoms with van der Waals surface area (Å²) in [4.78, 5) is 71.9. The van der Waals surface area contributed by atoms with E-state index in [0.29, 0.717) is 29.8 Å². The molecule has 3 aliphatic heterocycles. The summed E-state index contributed by atoms with van der Waals surface area (Å²) in [5.41, 5.74) is -0.966. The first kappa shape index (κ1) is 41.4. The largest absolute Gasteiger partial charge is 0.444 e.